The Morgan fingerprint density at radius 2 is 1.42 bits per heavy atom. The summed E-state index contributed by atoms with van der Waals surface area (Å²) in [6, 6.07) is 14.4. The maximum absolute atomic E-state index is 8.63. The Morgan fingerprint density at radius 1 is 0.962 bits per heavy atom. The number of aromatic nitrogens is 1. The number of rotatable bonds is 4. The molecule has 0 atom stereocenters. The van der Waals surface area contributed by atoms with E-state index in [1.54, 1.807) is 0 Å². The van der Waals surface area contributed by atoms with Crippen LogP contribution in [0.3, 0.4) is 0 Å². The van der Waals surface area contributed by atoms with E-state index in [2.05, 4.69) is 41.8 Å². The lowest BCUT2D eigenvalue weighted by atomic mass is 10.1. The number of aryl methyl sites for hydroxylation is 1. The molecular weight excluding hydrogens is 354 g/mol. The number of anilines is 2. The molecule has 0 aliphatic heterocycles. The van der Waals surface area contributed by atoms with Crippen LogP contribution in [0.5, 0.6) is 0 Å². The Labute approximate surface area is 152 Å². The number of unbranched alkanes of at least 4 members (excludes halogenated alkanes) is 2. The molecule has 140 valence electrons. The van der Waals surface area contributed by atoms with Crippen LogP contribution < -0.4 is 16.0 Å². The summed E-state index contributed by atoms with van der Waals surface area (Å²) < 4.78 is 35.2. The first kappa shape index (κ1) is 19.9. The van der Waals surface area contributed by atoms with Crippen LogP contribution in [0.15, 0.2) is 42.5 Å². The minimum atomic E-state index is -4.92. The van der Waals surface area contributed by atoms with Crippen molar-refractivity contribution in [3.05, 3.63) is 42.5 Å². The zero-order valence-electron chi connectivity index (χ0n) is 14.6. The van der Waals surface area contributed by atoms with Crippen molar-refractivity contribution >= 4 is 43.6 Å². The van der Waals surface area contributed by atoms with Crippen molar-refractivity contribution in [1.82, 2.24) is 0 Å². The first-order valence-electron chi connectivity index (χ1n) is 8.28. The van der Waals surface area contributed by atoms with Gasteiger partial charge in [0.1, 0.15) is 6.54 Å². The van der Waals surface area contributed by atoms with Gasteiger partial charge in [-0.15, -0.1) is 0 Å². The van der Waals surface area contributed by atoms with Gasteiger partial charge < -0.3 is 16.0 Å². The summed E-state index contributed by atoms with van der Waals surface area (Å²) in [5, 5.41) is 2.44. The van der Waals surface area contributed by atoms with Crippen molar-refractivity contribution in [2.45, 2.75) is 32.7 Å². The van der Waals surface area contributed by atoms with E-state index in [1.165, 1.54) is 41.1 Å². The average Bonchev–Trinajstić information content (AvgIpc) is 2.53. The Kier molecular flexibility index (Phi) is 6.36. The molecule has 0 radical (unpaired) electrons. The summed E-state index contributed by atoms with van der Waals surface area (Å²) in [6.07, 6.45) is 3.61. The number of nitrogen functional groups attached to an aromatic ring is 2. The maximum atomic E-state index is 8.63. The van der Waals surface area contributed by atoms with Crippen LogP contribution in [0.2, 0.25) is 0 Å². The van der Waals surface area contributed by atoms with E-state index in [1.807, 2.05) is 12.1 Å². The Morgan fingerprint density at radius 3 is 1.85 bits per heavy atom. The van der Waals surface area contributed by atoms with Crippen molar-refractivity contribution in [3.63, 3.8) is 0 Å². The van der Waals surface area contributed by atoms with E-state index in [0.717, 1.165) is 17.9 Å². The lowest BCUT2D eigenvalue weighted by Crippen LogP contribution is -2.35. The minimum Gasteiger partial charge on any atom is -0.726 e. The molecule has 0 spiro atoms. The molecule has 1 heterocycles. The van der Waals surface area contributed by atoms with Crippen LogP contribution in [-0.2, 0) is 16.9 Å². The number of nitrogens with two attached hydrogens (primary N) is 2. The van der Waals surface area contributed by atoms with Crippen molar-refractivity contribution < 1.29 is 22.1 Å². The van der Waals surface area contributed by atoms with Gasteiger partial charge in [-0.05, 0) is 36.8 Å². The van der Waals surface area contributed by atoms with Gasteiger partial charge in [-0.3, -0.25) is 4.55 Å². The smallest absolute Gasteiger partial charge is 0.215 e. The first-order valence-corrected chi connectivity index (χ1v) is 9.65. The molecule has 0 amide bonds. The monoisotopic (exact) mass is 377 g/mol. The van der Waals surface area contributed by atoms with Gasteiger partial charge in [-0.1, -0.05) is 13.3 Å². The van der Waals surface area contributed by atoms with Gasteiger partial charge >= 0.3 is 0 Å². The van der Waals surface area contributed by atoms with Crippen molar-refractivity contribution in [3.8, 4) is 0 Å². The molecule has 5 N–H and O–H groups in total. The summed E-state index contributed by atoms with van der Waals surface area (Å²) in [6.45, 7) is 3.22. The molecule has 0 saturated carbocycles. The van der Waals surface area contributed by atoms with Crippen LogP contribution >= 0.6 is 0 Å². The number of pyridine rings is 1. The molecule has 0 saturated heterocycles. The van der Waals surface area contributed by atoms with Crippen LogP contribution in [-0.4, -0.2) is 17.5 Å². The summed E-state index contributed by atoms with van der Waals surface area (Å²) >= 11 is 0. The van der Waals surface area contributed by atoms with Gasteiger partial charge in [-0.2, -0.15) is 4.57 Å². The third kappa shape index (κ3) is 5.55. The molecule has 0 fully saturated rings. The van der Waals surface area contributed by atoms with Crippen LogP contribution in [0.25, 0.3) is 21.8 Å². The standard InChI is InChI=1S/C18H21N3.H2O4S/c1-2-3-4-9-21-17-11-15(19)7-5-13(17)10-14-6-8-16(20)12-18(14)21;1-5(2,3)4/h5-8,10-12H,2-4,9H2,1H3,(H3,19,20);(H2,1,2,3,4). The topological polar surface area (TPSA) is 133 Å². The van der Waals surface area contributed by atoms with Gasteiger partial charge in [0.05, 0.1) is 0 Å². The molecule has 1 aromatic heterocycles. The van der Waals surface area contributed by atoms with E-state index in [-0.39, 0.29) is 0 Å². The highest BCUT2D eigenvalue weighted by Crippen LogP contribution is 2.22. The minimum absolute atomic E-state index is 0.801. The second-order valence-electron chi connectivity index (χ2n) is 6.07. The summed E-state index contributed by atoms with van der Waals surface area (Å²) in [5.41, 5.74) is 15.9. The lowest BCUT2D eigenvalue weighted by molar-refractivity contribution is -0.645. The molecule has 3 aromatic rings. The number of nitrogens with zero attached hydrogens (tertiary/aromatic N) is 1. The number of benzene rings is 2. The molecule has 0 unspecified atom stereocenters. The highest BCUT2D eigenvalue weighted by molar-refractivity contribution is 7.79. The van der Waals surface area contributed by atoms with Crippen molar-refractivity contribution in [2.75, 3.05) is 11.5 Å². The normalized spacial score (nSPS) is 11.3. The van der Waals surface area contributed by atoms with Gasteiger partial charge in [-0.25, -0.2) is 8.42 Å². The quantitative estimate of drug-likeness (QED) is 0.160. The fourth-order valence-electron chi connectivity index (χ4n) is 2.89. The van der Waals surface area contributed by atoms with Gasteiger partial charge in [0, 0.05) is 40.7 Å². The van der Waals surface area contributed by atoms with Gasteiger partial charge in [0.25, 0.3) is 0 Å². The van der Waals surface area contributed by atoms with E-state index < -0.39 is 10.4 Å². The van der Waals surface area contributed by atoms with Crippen LogP contribution in [0.4, 0.5) is 11.4 Å². The first-order chi connectivity index (χ1) is 12.2. The molecule has 0 aliphatic rings. The fraction of sp³-hybridized carbons (Fsp3) is 0.278. The highest BCUT2D eigenvalue weighted by Gasteiger charge is 2.15. The fourth-order valence-corrected chi connectivity index (χ4v) is 2.89. The van der Waals surface area contributed by atoms with E-state index in [0.29, 0.717) is 0 Å². The molecule has 3 rings (SSSR count). The van der Waals surface area contributed by atoms with Gasteiger partial charge in [0.15, 0.2) is 0 Å². The summed E-state index contributed by atoms with van der Waals surface area (Å²) in [4.78, 5) is 0. The van der Waals surface area contributed by atoms with E-state index in [4.69, 9.17) is 29.0 Å². The maximum Gasteiger partial charge on any atom is 0.215 e. The lowest BCUT2D eigenvalue weighted by Gasteiger charge is -2.07. The molecule has 0 bridgehead atoms. The Bertz CT molecular complexity index is 952. The van der Waals surface area contributed by atoms with E-state index >= 15 is 0 Å². The SMILES string of the molecule is CCCCC[n+]1c2cc(N)ccc2cc2ccc(N)cc21.O=S(=O)([O-])O. The zero-order chi connectivity index (χ0) is 19.3. The third-order valence-electron chi connectivity index (χ3n) is 3.99. The van der Waals surface area contributed by atoms with Gasteiger partial charge in [0.2, 0.25) is 21.4 Å². The second kappa shape index (κ2) is 8.31. The van der Waals surface area contributed by atoms with Crippen LogP contribution in [0.1, 0.15) is 26.2 Å². The molecule has 7 nitrogen and oxygen atoms in total. The molecule has 2 aromatic carbocycles. The predicted molar refractivity (Wildman–Crippen MR) is 102 cm³/mol. The summed E-state index contributed by atoms with van der Waals surface area (Å²) in [7, 11) is -4.92. The Hall–Kier alpha value is -2.42. The molecule has 8 heteroatoms. The molecular formula is C18H23N3O4S. The average molecular weight is 377 g/mol. The number of fused-ring (bicyclic) bond motifs is 2. The second-order valence-corrected chi connectivity index (χ2v) is 6.92. The van der Waals surface area contributed by atoms with Crippen molar-refractivity contribution in [2.24, 2.45) is 0 Å². The number of hydrogen-bond donors (Lipinski definition) is 3. The zero-order valence-corrected chi connectivity index (χ0v) is 15.4. The molecule has 0 aliphatic carbocycles. The third-order valence-corrected chi connectivity index (χ3v) is 3.99. The number of hydrogen-bond acceptors (Lipinski definition) is 5. The Balaban J connectivity index is 0.000000431. The predicted octanol–water partition coefficient (Wildman–Crippen LogP) is 2.64. The molecule has 26 heavy (non-hydrogen) atoms. The largest absolute Gasteiger partial charge is 0.726 e. The van der Waals surface area contributed by atoms with Crippen LogP contribution in [0, 0.1) is 0 Å². The van der Waals surface area contributed by atoms with E-state index in [9.17, 15) is 0 Å². The summed E-state index contributed by atoms with van der Waals surface area (Å²) in [5.74, 6) is 0. The highest BCUT2D eigenvalue weighted by atomic mass is 32.3. The van der Waals surface area contributed by atoms with Crippen molar-refractivity contribution in [1.29, 1.82) is 0 Å².